The lowest BCUT2D eigenvalue weighted by Gasteiger charge is -2.11. The first-order valence-electron chi connectivity index (χ1n) is 7.39. The van der Waals surface area contributed by atoms with Crippen molar-refractivity contribution in [1.29, 1.82) is 0 Å². The van der Waals surface area contributed by atoms with Crippen LogP contribution in [-0.4, -0.2) is 5.11 Å². The predicted molar refractivity (Wildman–Crippen MR) is 85.3 cm³/mol. The van der Waals surface area contributed by atoms with Crippen molar-refractivity contribution in [2.75, 3.05) is 0 Å². The maximum absolute atomic E-state index is 10.6. The molecule has 1 unspecified atom stereocenters. The molecule has 3 rings (SSSR count). The molecule has 0 aliphatic rings. The standard InChI is InChI=1S/C19H20O2/c1-13(2)10-14-6-5-8-16(11-14)19(20)18-12-15-7-3-4-9-17(15)21-18/h3-9,11-13,19-20H,10H2,1-2H3. The lowest BCUT2D eigenvalue weighted by atomic mass is 9.98. The summed E-state index contributed by atoms with van der Waals surface area (Å²) in [4.78, 5) is 0. The van der Waals surface area contributed by atoms with E-state index in [0.29, 0.717) is 11.7 Å². The van der Waals surface area contributed by atoms with E-state index in [0.717, 1.165) is 23.0 Å². The summed E-state index contributed by atoms with van der Waals surface area (Å²) >= 11 is 0. The molecule has 0 saturated heterocycles. The highest BCUT2D eigenvalue weighted by molar-refractivity contribution is 5.77. The van der Waals surface area contributed by atoms with Crippen molar-refractivity contribution in [3.05, 3.63) is 71.5 Å². The van der Waals surface area contributed by atoms with Gasteiger partial charge in [0.05, 0.1) is 0 Å². The normalized spacial score (nSPS) is 13.0. The van der Waals surface area contributed by atoms with Gasteiger partial charge in [-0.05, 0) is 35.6 Å². The number of para-hydroxylation sites is 1. The Labute approximate surface area is 125 Å². The van der Waals surface area contributed by atoms with E-state index in [1.807, 2.05) is 42.5 Å². The van der Waals surface area contributed by atoms with E-state index in [1.165, 1.54) is 5.56 Å². The Morgan fingerprint density at radius 1 is 1.00 bits per heavy atom. The summed E-state index contributed by atoms with van der Waals surface area (Å²) in [5.41, 5.74) is 2.94. The summed E-state index contributed by atoms with van der Waals surface area (Å²) in [6.45, 7) is 4.39. The van der Waals surface area contributed by atoms with E-state index in [1.54, 1.807) is 0 Å². The highest BCUT2D eigenvalue weighted by Crippen LogP contribution is 2.28. The van der Waals surface area contributed by atoms with Crippen LogP contribution < -0.4 is 0 Å². The van der Waals surface area contributed by atoms with Gasteiger partial charge in [-0.15, -0.1) is 0 Å². The number of benzene rings is 2. The van der Waals surface area contributed by atoms with Crippen LogP contribution in [0.5, 0.6) is 0 Å². The number of hydrogen-bond donors (Lipinski definition) is 1. The molecule has 0 saturated carbocycles. The third-order valence-corrected chi connectivity index (χ3v) is 3.62. The number of aliphatic hydroxyl groups is 1. The highest BCUT2D eigenvalue weighted by atomic mass is 16.4. The fourth-order valence-corrected chi connectivity index (χ4v) is 2.66. The highest BCUT2D eigenvalue weighted by Gasteiger charge is 2.16. The second-order valence-electron chi connectivity index (χ2n) is 5.93. The molecule has 0 spiro atoms. The van der Waals surface area contributed by atoms with E-state index in [2.05, 4.69) is 26.0 Å². The summed E-state index contributed by atoms with van der Waals surface area (Å²) in [5, 5.41) is 11.6. The minimum atomic E-state index is -0.718. The average molecular weight is 280 g/mol. The lowest BCUT2D eigenvalue weighted by Crippen LogP contribution is -2.00. The third-order valence-electron chi connectivity index (χ3n) is 3.62. The average Bonchev–Trinajstić information content (AvgIpc) is 2.90. The zero-order valence-corrected chi connectivity index (χ0v) is 12.4. The first kappa shape index (κ1) is 13.9. The van der Waals surface area contributed by atoms with Crippen molar-refractivity contribution in [1.82, 2.24) is 0 Å². The van der Waals surface area contributed by atoms with Crippen LogP contribution in [0.1, 0.15) is 36.8 Å². The molecule has 0 aliphatic heterocycles. The summed E-state index contributed by atoms with van der Waals surface area (Å²) in [7, 11) is 0. The van der Waals surface area contributed by atoms with Crippen LogP contribution in [0, 0.1) is 5.92 Å². The van der Waals surface area contributed by atoms with Gasteiger partial charge in [0, 0.05) is 5.39 Å². The van der Waals surface area contributed by atoms with Gasteiger partial charge >= 0.3 is 0 Å². The maximum atomic E-state index is 10.6. The van der Waals surface area contributed by atoms with Crippen molar-refractivity contribution >= 4 is 11.0 Å². The van der Waals surface area contributed by atoms with Gasteiger partial charge in [0.2, 0.25) is 0 Å². The van der Waals surface area contributed by atoms with Crippen LogP contribution in [0.4, 0.5) is 0 Å². The van der Waals surface area contributed by atoms with Crippen LogP contribution in [0.15, 0.2) is 59.0 Å². The second kappa shape index (κ2) is 5.74. The van der Waals surface area contributed by atoms with Gasteiger partial charge in [-0.1, -0.05) is 56.3 Å². The molecule has 0 fully saturated rings. The molecule has 1 heterocycles. The Balaban J connectivity index is 1.92. The molecule has 0 amide bonds. The van der Waals surface area contributed by atoms with Gasteiger partial charge < -0.3 is 9.52 Å². The van der Waals surface area contributed by atoms with Crippen LogP contribution in [0.2, 0.25) is 0 Å². The molecule has 1 N–H and O–H groups in total. The van der Waals surface area contributed by atoms with Gasteiger partial charge in [-0.3, -0.25) is 0 Å². The number of hydrogen-bond acceptors (Lipinski definition) is 2. The van der Waals surface area contributed by atoms with Crippen LogP contribution in [0.3, 0.4) is 0 Å². The Hall–Kier alpha value is -2.06. The van der Waals surface area contributed by atoms with Gasteiger partial charge in [0.25, 0.3) is 0 Å². The molecule has 1 atom stereocenters. The SMILES string of the molecule is CC(C)Cc1cccc(C(O)c2cc3ccccc3o2)c1. The Bertz CT molecular complexity index is 707. The first-order chi connectivity index (χ1) is 10.1. The number of fused-ring (bicyclic) bond motifs is 1. The molecule has 21 heavy (non-hydrogen) atoms. The molecule has 108 valence electrons. The maximum Gasteiger partial charge on any atom is 0.138 e. The predicted octanol–water partition coefficient (Wildman–Crippen LogP) is 4.71. The van der Waals surface area contributed by atoms with E-state index in [-0.39, 0.29) is 0 Å². The van der Waals surface area contributed by atoms with E-state index < -0.39 is 6.10 Å². The van der Waals surface area contributed by atoms with Crippen molar-refractivity contribution in [3.8, 4) is 0 Å². The van der Waals surface area contributed by atoms with Gasteiger partial charge in [0.15, 0.2) is 0 Å². The molecule has 0 radical (unpaired) electrons. The minimum absolute atomic E-state index is 0.595. The molecule has 2 nitrogen and oxygen atoms in total. The first-order valence-corrected chi connectivity index (χ1v) is 7.39. The Kier molecular flexibility index (Phi) is 3.80. The van der Waals surface area contributed by atoms with Crippen molar-refractivity contribution < 1.29 is 9.52 Å². The fraction of sp³-hybridized carbons (Fsp3) is 0.263. The smallest absolute Gasteiger partial charge is 0.138 e. The van der Waals surface area contributed by atoms with Gasteiger partial charge in [0.1, 0.15) is 17.4 Å². The molecule has 2 aromatic carbocycles. The van der Waals surface area contributed by atoms with Crippen molar-refractivity contribution in [3.63, 3.8) is 0 Å². The Morgan fingerprint density at radius 2 is 1.81 bits per heavy atom. The molecule has 0 bridgehead atoms. The largest absolute Gasteiger partial charge is 0.458 e. The number of aliphatic hydroxyl groups excluding tert-OH is 1. The van der Waals surface area contributed by atoms with Gasteiger partial charge in [-0.25, -0.2) is 0 Å². The van der Waals surface area contributed by atoms with E-state index >= 15 is 0 Å². The molecular formula is C19H20O2. The van der Waals surface area contributed by atoms with Crippen LogP contribution in [-0.2, 0) is 6.42 Å². The quantitative estimate of drug-likeness (QED) is 0.750. The summed E-state index contributed by atoms with van der Waals surface area (Å²) < 4.78 is 5.76. The minimum Gasteiger partial charge on any atom is -0.458 e. The summed E-state index contributed by atoms with van der Waals surface area (Å²) in [6, 6.07) is 17.8. The summed E-state index contributed by atoms with van der Waals surface area (Å²) in [5.74, 6) is 1.20. The molecule has 3 aromatic rings. The molecule has 1 aromatic heterocycles. The molecular weight excluding hydrogens is 260 g/mol. The Morgan fingerprint density at radius 3 is 2.57 bits per heavy atom. The van der Waals surface area contributed by atoms with Crippen LogP contribution in [0.25, 0.3) is 11.0 Å². The van der Waals surface area contributed by atoms with Gasteiger partial charge in [-0.2, -0.15) is 0 Å². The van der Waals surface area contributed by atoms with Crippen molar-refractivity contribution in [2.24, 2.45) is 5.92 Å². The van der Waals surface area contributed by atoms with E-state index in [4.69, 9.17) is 4.42 Å². The molecule has 0 aliphatic carbocycles. The number of rotatable bonds is 4. The number of furan rings is 1. The monoisotopic (exact) mass is 280 g/mol. The lowest BCUT2D eigenvalue weighted by molar-refractivity contribution is 0.192. The fourth-order valence-electron chi connectivity index (χ4n) is 2.66. The topological polar surface area (TPSA) is 33.4 Å². The van der Waals surface area contributed by atoms with Crippen LogP contribution >= 0.6 is 0 Å². The third kappa shape index (κ3) is 3.01. The molecule has 2 heteroatoms. The zero-order valence-electron chi connectivity index (χ0n) is 12.4. The second-order valence-corrected chi connectivity index (χ2v) is 5.93. The zero-order chi connectivity index (χ0) is 14.8. The van der Waals surface area contributed by atoms with E-state index in [9.17, 15) is 5.11 Å². The van der Waals surface area contributed by atoms with Crippen molar-refractivity contribution in [2.45, 2.75) is 26.4 Å². The summed E-state index contributed by atoms with van der Waals surface area (Å²) in [6.07, 6.45) is 0.297.